The molecule has 17 heavy (non-hydrogen) atoms. The van der Waals surface area contributed by atoms with Gasteiger partial charge in [-0.05, 0) is 47.6 Å². The largest absolute Gasteiger partial charge is 0.388 e. The molecular formula is C16H22O. The fraction of sp³-hybridized carbons (Fsp3) is 0.625. The topological polar surface area (TPSA) is 20.2 Å². The molecule has 3 rings (SSSR count). The summed E-state index contributed by atoms with van der Waals surface area (Å²) in [5.41, 5.74) is 2.90. The highest BCUT2D eigenvalue weighted by atomic mass is 16.3. The Kier molecular flexibility index (Phi) is 2.55. The minimum Gasteiger partial charge on any atom is -0.388 e. The molecule has 2 unspecified atom stereocenters. The van der Waals surface area contributed by atoms with E-state index in [-0.39, 0.29) is 6.10 Å². The van der Waals surface area contributed by atoms with Crippen LogP contribution in [0.5, 0.6) is 0 Å². The molecule has 1 heteroatoms. The SMILES string of the molecule is CC1(C)CC1C(O)c1ccc(C2CCC2)cc1. The van der Waals surface area contributed by atoms with E-state index in [2.05, 4.69) is 38.1 Å². The normalized spacial score (nSPS) is 28.5. The summed E-state index contributed by atoms with van der Waals surface area (Å²) in [4.78, 5) is 0. The lowest BCUT2D eigenvalue weighted by Crippen LogP contribution is -2.09. The van der Waals surface area contributed by atoms with Gasteiger partial charge >= 0.3 is 0 Å². The van der Waals surface area contributed by atoms with Gasteiger partial charge in [-0.25, -0.2) is 0 Å². The van der Waals surface area contributed by atoms with Crippen LogP contribution in [0.15, 0.2) is 24.3 Å². The summed E-state index contributed by atoms with van der Waals surface area (Å²) in [6.07, 6.45) is 4.96. The lowest BCUT2D eigenvalue weighted by molar-refractivity contribution is 0.138. The summed E-state index contributed by atoms with van der Waals surface area (Å²) >= 11 is 0. The number of benzene rings is 1. The van der Waals surface area contributed by atoms with Crippen molar-refractivity contribution in [2.75, 3.05) is 0 Å². The fourth-order valence-electron chi connectivity index (χ4n) is 2.99. The zero-order valence-electron chi connectivity index (χ0n) is 10.8. The van der Waals surface area contributed by atoms with E-state index in [9.17, 15) is 5.11 Å². The molecule has 2 aliphatic carbocycles. The maximum Gasteiger partial charge on any atom is 0.0823 e. The lowest BCUT2D eigenvalue weighted by atomic mass is 9.80. The van der Waals surface area contributed by atoms with Crippen LogP contribution in [0.3, 0.4) is 0 Å². The van der Waals surface area contributed by atoms with E-state index in [0.29, 0.717) is 11.3 Å². The Labute approximate surface area is 104 Å². The number of aliphatic hydroxyl groups excluding tert-OH is 1. The summed E-state index contributed by atoms with van der Waals surface area (Å²) in [5, 5.41) is 10.3. The van der Waals surface area contributed by atoms with Gasteiger partial charge in [-0.2, -0.15) is 0 Å². The molecule has 0 saturated heterocycles. The first-order valence-electron chi connectivity index (χ1n) is 6.86. The Balaban J connectivity index is 1.71. The number of rotatable bonds is 3. The molecule has 0 aliphatic heterocycles. The third kappa shape index (κ3) is 2.01. The highest BCUT2D eigenvalue weighted by Gasteiger charge is 2.50. The van der Waals surface area contributed by atoms with E-state index in [4.69, 9.17) is 0 Å². The smallest absolute Gasteiger partial charge is 0.0823 e. The highest BCUT2D eigenvalue weighted by molar-refractivity contribution is 5.29. The molecular weight excluding hydrogens is 208 g/mol. The van der Waals surface area contributed by atoms with Crippen LogP contribution in [-0.4, -0.2) is 5.11 Å². The monoisotopic (exact) mass is 230 g/mol. The molecule has 1 aromatic carbocycles. The van der Waals surface area contributed by atoms with Gasteiger partial charge in [0.1, 0.15) is 0 Å². The first kappa shape index (κ1) is 11.3. The Hall–Kier alpha value is -0.820. The lowest BCUT2D eigenvalue weighted by Gasteiger charge is -2.26. The predicted molar refractivity (Wildman–Crippen MR) is 69.9 cm³/mol. The summed E-state index contributed by atoms with van der Waals surface area (Å²) < 4.78 is 0. The Morgan fingerprint density at radius 3 is 2.18 bits per heavy atom. The van der Waals surface area contributed by atoms with Crippen LogP contribution in [0.4, 0.5) is 0 Å². The summed E-state index contributed by atoms with van der Waals surface area (Å²) in [5.74, 6) is 1.25. The molecule has 2 aliphatic rings. The van der Waals surface area contributed by atoms with Crippen LogP contribution >= 0.6 is 0 Å². The molecule has 0 bridgehead atoms. The maximum atomic E-state index is 10.3. The van der Waals surface area contributed by atoms with Crippen molar-refractivity contribution in [1.29, 1.82) is 0 Å². The van der Waals surface area contributed by atoms with Gasteiger partial charge in [-0.3, -0.25) is 0 Å². The summed E-state index contributed by atoms with van der Waals surface area (Å²) in [6.45, 7) is 4.48. The van der Waals surface area contributed by atoms with Gasteiger partial charge in [0.05, 0.1) is 6.10 Å². The van der Waals surface area contributed by atoms with Crippen LogP contribution in [0.1, 0.15) is 62.7 Å². The van der Waals surface area contributed by atoms with E-state index < -0.39 is 0 Å². The van der Waals surface area contributed by atoms with Crippen LogP contribution in [-0.2, 0) is 0 Å². The van der Waals surface area contributed by atoms with Gasteiger partial charge in [0, 0.05) is 0 Å². The van der Waals surface area contributed by atoms with Crippen LogP contribution in [0.2, 0.25) is 0 Å². The molecule has 92 valence electrons. The van der Waals surface area contributed by atoms with Crippen LogP contribution in [0.25, 0.3) is 0 Å². The van der Waals surface area contributed by atoms with Gasteiger partial charge in [0.2, 0.25) is 0 Å². The van der Waals surface area contributed by atoms with E-state index in [1.807, 2.05) is 0 Å². The number of aliphatic hydroxyl groups is 1. The molecule has 1 nitrogen and oxygen atoms in total. The third-order valence-corrected chi connectivity index (χ3v) is 4.83. The average Bonchev–Trinajstić information content (AvgIpc) is 2.85. The second-order valence-electron chi connectivity index (χ2n) is 6.54. The molecule has 0 spiro atoms. The minimum atomic E-state index is -0.263. The van der Waals surface area contributed by atoms with Gasteiger partial charge in [-0.1, -0.05) is 44.5 Å². The van der Waals surface area contributed by atoms with Crippen molar-refractivity contribution in [3.63, 3.8) is 0 Å². The third-order valence-electron chi connectivity index (χ3n) is 4.83. The van der Waals surface area contributed by atoms with Crippen molar-refractivity contribution in [3.05, 3.63) is 35.4 Å². The van der Waals surface area contributed by atoms with Crippen molar-refractivity contribution in [2.45, 2.75) is 51.6 Å². The zero-order chi connectivity index (χ0) is 12.0. The van der Waals surface area contributed by atoms with Crippen LogP contribution < -0.4 is 0 Å². The fourth-order valence-corrected chi connectivity index (χ4v) is 2.99. The maximum absolute atomic E-state index is 10.3. The van der Waals surface area contributed by atoms with Crippen LogP contribution in [0, 0.1) is 11.3 Å². The number of hydrogen-bond donors (Lipinski definition) is 1. The minimum absolute atomic E-state index is 0.263. The van der Waals surface area contributed by atoms with Crippen molar-refractivity contribution in [2.24, 2.45) is 11.3 Å². The standard InChI is InChI=1S/C16H22O/c1-16(2)10-14(16)15(17)13-8-6-12(7-9-13)11-4-3-5-11/h6-9,11,14-15,17H,3-5,10H2,1-2H3. The summed E-state index contributed by atoms with van der Waals surface area (Å²) in [6, 6.07) is 8.70. The van der Waals surface area contributed by atoms with Crippen molar-refractivity contribution < 1.29 is 5.11 Å². The van der Waals surface area contributed by atoms with E-state index >= 15 is 0 Å². The molecule has 1 N–H and O–H groups in total. The van der Waals surface area contributed by atoms with Gasteiger partial charge in [0.25, 0.3) is 0 Å². The van der Waals surface area contributed by atoms with Crippen molar-refractivity contribution in [3.8, 4) is 0 Å². The average molecular weight is 230 g/mol. The van der Waals surface area contributed by atoms with E-state index in [1.165, 1.54) is 24.8 Å². The number of hydrogen-bond acceptors (Lipinski definition) is 1. The Bertz CT molecular complexity index is 400. The van der Waals surface area contributed by atoms with Crippen molar-refractivity contribution >= 4 is 0 Å². The molecule has 2 fully saturated rings. The second-order valence-corrected chi connectivity index (χ2v) is 6.54. The summed E-state index contributed by atoms with van der Waals surface area (Å²) in [7, 11) is 0. The van der Waals surface area contributed by atoms with E-state index in [1.54, 1.807) is 0 Å². The molecule has 2 atom stereocenters. The Morgan fingerprint density at radius 2 is 1.76 bits per heavy atom. The predicted octanol–water partition coefficient (Wildman–Crippen LogP) is 4.03. The molecule has 2 saturated carbocycles. The molecule has 0 aromatic heterocycles. The van der Waals surface area contributed by atoms with Gasteiger partial charge < -0.3 is 5.11 Å². The van der Waals surface area contributed by atoms with E-state index in [0.717, 1.165) is 17.9 Å². The van der Waals surface area contributed by atoms with Crippen molar-refractivity contribution in [1.82, 2.24) is 0 Å². The first-order chi connectivity index (χ1) is 8.08. The highest BCUT2D eigenvalue weighted by Crippen LogP contribution is 2.57. The molecule has 1 aromatic rings. The Morgan fingerprint density at radius 1 is 1.18 bits per heavy atom. The molecule has 0 radical (unpaired) electrons. The van der Waals surface area contributed by atoms with Gasteiger partial charge in [-0.15, -0.1) is 0 Å². The zero-order valence-corrected chi connectivity index (χ0v) is 10.8. The quantitative estimate of drug-likeness (QED) is 0.831. The molecule has 0 heterocycles. The van der Waals surface area contributed by atoms with Gasteiger partial charge in [0.15, 0.2) is 0 Å². The second kappa shape index (κ2) is 3.84. The first-order valence-corrected chi connectivity index (χ1v) is 6.86. The molecule has 0 amide bonds.